The first-order valence-corrected chi connectivity index (χ1v) is 14.2. The lowest BCUT2D eigenvalue weighted by atomic mass is 9.98. The molecule has 1 aliphatic rings. The van der Waals surface area contributed by atoms with Gasteiger partial charge in [0, 0.05) is 32.9 Å². The Balaban J connectivity index is 1.53. The minimum atomic E-state index is -3.77. The van der Waals surface area contributed by atoms with Crippen LogP contribution in [0.3, 0.4) is 0 Å². The fraction of sp³-hybridized carbons (Fsp3) is 0.320. The fourth-order valence-corrected chi connectivity index (χ4v) is 6.68. The zero-order chi connectivity index (χ0) is 25.4. The van der Waals surface area contributed by atoms with Crippen molar-refractivity contribution in [2.24, 2.45) is 5.92 Å². The fourth-order valence-electron chi connectivity index (χ4n) is 4.19. The molecule has 1 fully saturated rings. The summed E-state index contributed by atoms with van der Waals surface area (Å²) in [6.07, 6.45) is 1.10. The molecule has 3 aromatic rings. The molecule has 0 radical (unpaired) electrons. The number of hydrogen-bond acceptors (Lipinski definition) is 5. The summed E-state index contributed by atoms with van der Waals surface area (Å²) in [7, 11) is -4.54. The summed E-state index contributed by atoms with van der Waals surface area (Å²) in [4.78, 5) is 13.4. The first-order valence-electron chi connectivity index (χ1n) is 11.3. The van der Waals surface area contributed by atoms with Gasteiger partial charge in [-0.3, -0.25) is 4.79 Å². The quantitative estimate of drug-likeness (QED) is 0.542. The van der Waals surface area contributed by atoms with Crippen LogP contribution in [0.15, 0.2) is 70.5 Å². The molecule has 1 saturated heterocycles. The molecule has 0 aliphatic carbocycles. The summed E-state index contributed by atoms with van der Waals surface area (Å²) < 4.78 is 54.2. The van der Waals surface area contributed by atoms with Crippen LogP contribution in [0.5, 0.6) is 0 Å². The number of carbonyl (C=O) groups excluding carboxylic acids is 1. The summed E-state index contributed by atoms with van der Waals surface area (Å²) in [5.41, 5.74) is 1.11. The first kappa shape index (κ1) is 25.3. The van der Waals surface area contributed by atoms with Gasteiger partial charge in [0.15, 0.2) is 0 Å². The van der Waals surface area contributed by atoms with Crippen LogP contribution < -0.4 is 5.32 Å². The molecule has 1 aliphatic heterocycles. The third-order valence-electron chi connectivity index (χ3n) is 6.36. The second kappa shape index (κ2) is 9.69. The monoisotopic (exact) mass is 515 g/mol. The zero-order valence-electron chi connectivity index (χ0n) is 19.9. The van der Waals surface area contributed by atoms with Gasteiger partial charge in [0.1, 0.15) is 0 Å². The summed E-state index contributed by atoms with van der Waals surface area (Å²) in [6, 6.07) is 17.2. The Hall–Kier alpha value is -2.79. The summed E-state index contributed by atoms with van der Waals surface area (Å²) >= 11 is 0. The van der Waals surface area contributed by atoms with E-state index >= 15 is 0 Å². The predicted octanol–water partition coefficient (Wildman–Crippen LogP) is 3.44. The summed E-state index contributed by atoms with van der Waals surface area (Å²) in [6.45, 7) is 2.18. The van der Waals surface area contributed by atoms with E-state index in [1.54, 1.807) is 31.2 Å². The van der Waals surface area contributed by atoms with Crippen molar-refractivity contribution < 1.29 is 21.6 Å². The molecule has 4 rings (SSSR count). The first-order chi connectivity index (χ1) is 16.5. The SMILES string of the molecule is Cc1ccc(S(=O)(=O)N(C)C)cc1NC(=O)[C@H]1CCCN(S(=O)(=O)c2ccc3ccccc3c2)C1. The highest BCUT2D eigenvalue weighted by molar-refractivity contribution is 7.89. The van der Waals surface area contributed by atoms with Crippen molar-refractivity contribution in [2.45, 2.75) is 29.6 Å². The maximum absolute atomic E-state index is 13.4. The van der Waals surface area contributed by atoms with Crippen LogP contribution in [0.4, 0.5) is 5.69 Å². The van der Waals surface area contributed by atoms with E-state index in [1.165, 1.54) is 30.5 Å². The molecule has 1 heterocycles. The number of benzene rings is 3. The summed E-state index contributed by atoms with van der Waals surface area (Å²) in [5, 5.41) is 4.61. The normalized spacial score (nSPS) is 17.5. The van der Waals surface area contributed by atoms with Gasteiger partial charge >= 0.3 is 0 Å². The molecule has 0 saturated carbocycles. The summed E-state index contributed by atoms with van der Waals surface area (Å²) in [5.74, 6) is -0.876. The van der Waals surface area contributed by atoms with Crippen LogP contribution in [-0.4, -0.2) is 58.5 Å². The van der Waals surface area contributed by atoms with Crippen molar-refractivity contribution in [3.05, 3.63) is 66.2 Å². The molecule has 0 bridgehead atoms. The number of fused-ring (bicyclic) bond motifs is 1. The maximum atomic E-state index is 13.4. The Morgan fingerprint density at radius 3 is 2.34 bits per heavy atom. The Morgan fingerprint density at radius 2 is 1.63 bits per heavy atom. The van der Waals surface area contributed by atoms with Gasteiger partial charge in [0.05, 0.1) is 15.7 Å². The number of aryl methyl sites for hydroxylation is 1. The average Bonchev–Trinajstić information content (AvgIpc) is 2.84. The zero-order valence-corrected chi connectivity index (χ0v) is 21.6. The Bertz CT molecular complexity index is 1480. The maximum Gasteiger partial charge on any atom is 0.243 e. The number of hydrogen-bond donors (Lipinski definition) is 1. The van der Waals surface area contributed by atoms with Crippen molar-refractivity contribution >= 4 is 42.4 Å². The van der Waals surface area contributed by atoms with Gasteiger partial charge in [-0.15, -0.1) is 0 Å². The number of rotatable bonds is 6. The van der Waals surface area contributed by atoms with Crippen LogP contribution >= 0.6 is 0 Å². The lowest BCUT2D eigenvalue weighted by Gasteiger charge is -2.31. The van der Waals surface area contributed by atoms with E-state index in [1.807, 2.05) is 24.3 Å². The van der Waals surface area contributed by atoms with E-state index in [4.69, 9.17) is 0 Å². The largest absolute Gasteiger partial charge is 0.326 e. The second-order valence-electron chi connectivity index (χ2n) is 8.96. The average molecular weight is 516 g/mol. The van der Waals surface area contributed by atoms with Gasteiger partial charge in [0.25, 0.3) is 0 Å². The number of nitrogens with one attached hydrogen (secondary N) is 1. The van der Waals surface area contributed by atoms with Crippen molar-refractivity contribution in [1.29, 1.82) is 0 Å². The molecule has 1 amide bonds. The molecule has 1 atom stereocenters. The molecule has 35 heavy (non-hydrogen) atoms. The topological polar surface area (TPSA) is 104 Å². The number of amides is 1. The molecule has 1 N–H and O–H groups in total. The second-order valence-corrected chi connectivity index (χ2v) is 13.1. The van der Waals surface area contributed by atoms with E-state index in [0.717, 1.165) is 15.1 Å². The number of sulfonamides is 2. The van der Waals surface area contributed by atoms with Gasteiger partial charge in [-0.1, -0.05) is 36.4 Å². The lowest BCUT2D eigenvalue weighted by molar-refractivity contribution is -0.120. The van der Waals surface area contributed by atoms with E-state index in [2.05, 4.69) is 5.32 Å². The predicted molar refractivity (Wildman–Crippen MR) is 136 cm³/mol. The molecule has 3 aromatic carbocycles. The molecule has 8 nitrogen and oxygen atoms in total. The lowest BCUT2D eigenvalue weighted by Crippen LogP contribution is -2.43. The van der Waals surface area contributed by atoms with Gasteiger partial charge < -0.3 is 5.32 Å². The van der Waals surface area contributed by atoms with E-state index in [0.29, 0.717) is 30.6 Å². The number of carbonyl (C=O) groups is 1. The van der Waals surface area contributed by atoms with E-state index in [-0.39, 0.29) is 22.2 Å². The highest BCUT2D eigenvalue weighted by Gasteiger charge is 2.33. The molecular weight excluding hydrogens is 486 g/mol. The van der Waals surface area contributed by atoms with Gasteiger partial charge in [-0.05, 0) is 60.4 Å². The number of nitrogens with zero attached hydrogens (tertiary/aromatic N) is 2. The van der Waals surface area contributed by atoms with Crippen LogP contribution in [0, 0.1) is 12.8 Å². The number of anilines is 1. The van der Waals surface area contributed by atoms with Crippen molar-refractivity contribution in [3.8, 4) is 0 Å². The molecule has 186 valence electrons. The smallest absolute Gasteiger partial charge is 0.243 e. The molecule has 0 aromatic heterocycles. The minimum absolute atomic E-state index is 0.0652. The van der Waals surface area contributed by atoms with E-state index in [9.17, 15) is 21.6 Å². The molecule has 0 spiro atoms. The Morgan fingerprint density at radius 1 is 0.943 bits per heavy atom. The van der Waals surface area contributed by atoms with E-state index < -0.39 is 26.0 Å². The minimum Gasteiger partial charge on any atom is -0.326 e. The van der Waals surface area contributed by atoms with Crippen molar-refractivity contribution in [1.82, 2.24) is 8.61 Å². The van der Waals surface area contributed by atoms with Crippen LogP contribution in [-0.2, 0) is 24.8 Å². The number of piperidine rings is 1. The Kier molecular flexibility index (Phi) is 7.01. The van der Waals surface area contributed by atoms with Gasteiger partial charge in [-0.2, -0.15) is 4.31 Å². The molecule has 10 heteroatoms. The highest BCUT2D eigenvalue weighted by Crippen LogP contribution is 2.28. The van der Waals surface area contributed by atoms with Gasteiger partial charge in [-0.25, -0.2) is 21.1 Å². The standard InChI is InChI=1S/C25H29N3O5S2/c1-18-10-12-23(34(30,31)27(2)3)16-24(18)26-25(29)21-9-6-14-28(17-21)35(32,33)22-13-11-19-7-4-5-8-20(19)15-22/h4-5,7-8,10-13,15-16,21H,6,9,14,17H2,1-3H3,(H,26,29)/t21-/m0/s1. The van der Waals surface area contributed by atoms with Crippen LogP contribution in [0.25, 0.3) is 10.8 Å². The molecule has 0 unspecified atom stereocenters. The third kappa shape index (κ3) is 5.11. The van der Waals surface area contributed by atoms with Gasteiger partial charge in [0.2, 0.25) is 26.0 Å². The van der Waals surface area contributed by atoms with Crippen LogP contribution in [0.1, 0.15) is 18.4 Å². The highest BCUT2D eigenvalue weighted by atomic mass is 32.2. The van der Waals surface area contributed by atoms with Crippen molar-refractivity contribution in [2.75, 3.05) is 32.5 Å². The van der Waals surface area contributed by atoms with Crippen molar-refractivity contribution in [3.63, 3.8) is 0 Å². The Labute approximate surface area is 206 Å². The third-order valence-corrected chi connectivity index (χ3v) is 10.0. The van der Waals surface area contributed by atoms with Crippen LogP contribution in [0.2, 0.25) is 0 Å². The molecular formula is C25H29N3O5S2.